The van der Waals surface area contributed by atoms with E-state index < -0.39 is 0 Å². The molecular formula is C18H23BrN2. The van der Waals surface area contributed by atoms with E-state index in [1.807, 2.05) is 0 Å². The Morgan fingerprint density at radius 3 is 2.71 bits per heavy atom. The molecule has 0 unspecified atom stereocenters. The molecule has 1 aliphatic rings. The second kappa shape index (κ2) is 6.35. The number of aromatic nitrogens is 1. The maximum Gasteiger partial charge on any atom is 0.0868 e. The van der Waals surface area contributed by atoms with Crippen molar-refractivity contribution in [3.8, 4) is 0 Å². The van der Waals surface area contributed by atoms with Gasteiger partial charge in [0.05, 0.1) is 5.52 Å². The summed E-state index contributed by atoms with van der Waals surface area (Å²) < 4.78 is 1.11. The van der Waals surface area contributed by atoms with Crippen molar-refractivity contribution < 1.29 is 0 Å². The van der Waals surface area contributed by atoms with Gasteiger partial charge in [-0.05, 0) is 65.9 Å². The summed E-state index contributed by atoms with van der Waals surface area (Å²) in [6.07, 6.45) is 6.40. The van der Waals surface area contributed by atoms with Gasteiger partial charge in [-0.25, -0.2) is 0 Å². The standard InChI is InChI=1S/C18H23BrN2/c1-3-8-20-17-11-16(13-6-4-5-7-13)21-18-14(17)9-12(2)10-15(18)19/h9-11,13H,3-8H2,1-2H3,(H,20,21). The molecule has 0 spiro atoms. The maximum absolute atomic E-state index is 4.98. The normalized spacial score (nSPS) is 15.8. The van der Waals surface area contributed by atoms with Gasteiger partial charge < -0.3 is 5.32 Å². The molecule has 1 saturated carbocycles. The van der Waals surface area contributed by atoms with Crippen molar-refractivity contribution in [2.24, 2.45) is 0 Å². The lowest BCUT2D eigenvalue weighted by molar-refractivity contribution is 0.701. The van der Waals surface area contributed by atoms with Gasteiger partial charge in [0, 0.05) is 33.7 Å². The Kier molecular flexibility index (Phi) is 4.48. The molecule has 0 amide bonds. The Morgan fingerprint density at radius 2 is 2.00 bits per heavy atom. The Labute approximate surface area is 135 Å². The van der Waals surface area contributed by atoms with Crippen LogP contribution in [0.2, 0.25) is 0 Å². The van der Waals surface area contributed by atoms with Crippen LogP contribution < -0.4 is 5.32 Å². The third-order valence-corrected chi connectivity index (χ3v) is 4.97. The van der Waals surface area contributed by atoms with Crippen molar-refractivity contribution in [3.05, 3.63) is 33.9 Å². The number of fused-ring (bicyclic) bond motifs is 1. The number of anilines is 1. The van der Waals surface area contributed by atoms with E-state index in [1.54, 1.807) is 0 Å². The van der Waals surface area contributed by atoms with Gasteiger partial charge in [-0.15, -0.1) is 0 Å². The third-order valence-electron chi connectivity index (χ3n) is 4.37. The van der Waals surface area contributed by atoms with E-state index in [4.69, 9.17) is 4.98 Å². The number of nitrogens with one attached hydrogen (secondary N) is 1. The molecule has 1 aromatic carbocycles. The summed E-state index contributed by atoms with van der Waals surface area (Å²) in [4.78, 5) is 4.98. The second-order valence-corrected chi connectivity index (χ2v) is 7.00. The van der Waals surface area contributed by atoms with Gasteiger partial charge >= 0.3 is 0 Å². The molecule has 0 radical (unpaired) electrons. The highest BCUT2D eigenvalue weighted by Crippen LogP contribution is 2.37. The first-order valence-electron chi connectivity index (χ1n) is 8.03. The smallest absolute Gasteiger partial charge is 0.0868 e. The summed E-state index contributed by atoms with van der Waals surface area (Å²) in [5, 5.41) is 4.83. The second-order valence-electron chi connectivity index (χ2n) is 6.15. The van der Waals surface area contributed by atoms with E-state index in [0.29, 0.717) is 5.92 Å². The third kappa shape index (κ3) is 3.08. The van der Waals surface area contributed by atoms with Gasteiger partial charge in [-0.3, -0.25) is 4.98 Å². The van der Waals surface area contributed by atoms with Crippen molar-refractivity contribution in [1.82, 2.24) is 4.98 Å². The molecule has 112 valence electrons. The first kappa shape index (κ1) is 14.8. The first-order chi connectivity index (χ1) is 10.2. The molecule has 3 heteroatoms. The zero-order valence-corrected chi connectivity index (χ0v) is 14.5. The molecule has 1 aliphatic carbocycles. The average molecular weight is 347 g/mol. The molecule has 1 heterocycles. The lowest BCUT2D eigenvalue weighted by Crippen LogP contribution is -2.05. The minimum Gasteiger partial charge on any atom is -0.384 e. The maximum atomic E-state index is 4.98. The van der Waals surface area contributed by atoms with E-state index in [-0.39, 0.29) is 0 Å². The summed E-state index contributed by atoms with van der Waals surface area (Å²) in [5.74, 6) is 0.643. The Morgan fingerprint density at radius 1 is 1.24 bits per heavy atom. The lowest BCUT2D eigenvalue weighted by Gasteiger charge is -2.16. The topological polar surface area (TPSA) is 24.9 Å². The van der Waals surface area contributed by atoms with Gasteiger partial charge in [-0.2, -0.15) is 0 Å². The Balaban J connectivity index is 2.13. The molecule has 2 aromatic rings. The van der Waals surface area contributed by atoms with Crippen LogP contribution in [0.3, 0.4) is 0 Å². The molecule has 0 saturated heterocycles. The Bertz CT molecular complexity index is 645. The van der Waals surface area contributed by atoms with E-state index in [9.17, 15) is 0 Å². The highest BCUT2D eigenvalue weighted by Gasteiger charge is 2.20. The van der Waals surface area contributed by atoms with Gasteiger partial charge in [0.1, 0.15) is 0 Å². The van der Waals surface area contributed by atoms with Crippen molar-refractivity contribution >= 4 is 32.5 Å². The highest BCUT2D eigenvalue weighted by molar-refractivity contribution is 9.10. The summed E-state index contributed by atoms with van der Waals surface area (Å²) in [6, 6.07) is 6.70. The van der Waals surface area contributed by atoms with Gasteiger partial charge in [0.25, 0.3) is 0 Å². The number of nitrogens with zero attached hydrogens (tertiary/aromatic N) is 1. The summed E-state index contributed by atoms with van der Waals surface area (Å²) in [7, 11) is 0. The predicted octanol–water partition coefficient (Wildman–Crippen LogP) is 5.79. The zero-order valence-electron chi connectivity index (χ0n) is 12.9. The number of halogens is 1. The zero-order chi connectivity index (χ0) is 14.8. The summed E-state index contributed by atoms with van der Waals surface area (Å²) in [5.41, 5.74) is 4.88. The molecule has 0 bridgehead atoms. The van der Waals surface area contributed by atoms with Crippen LogP contribution >= 0.6 is 15.9 Å². The van der Waals surface area contributed by atoms with Crippen LogP contribution in [-0.2, 0) is 0 Å². The van der Waals surface area contributed by atoms with Gasteiger partial charge in [0.15, 0.2) is 0 Å². The van der Waals surface area contributed by atoms with Crippen LogP contribution in [0.25, 0.3) is 10.9 Å². The monoisotopic (exact) mass is 346 g/mol. The fourth-order valence-corrected chi connectivity index (χ4v) is 3.94. The molecule has 21 heavy (non-hydrogen) atoms. The van der Waals surface area contributed by atoms with Crippen LogP contribution in [0.15, 0.2) is 22.7 Å². The minimum atomic E-state index is 0.643. The number of aryl methyl sites for hydroxylation is 1. The summed E-state index contributed by atoms with van der Waals surface area (Å²) in [6.45, 7) is 5.35. The molecule has 0 aliphatic heterocycles. The van der Waals surface area contributed by atoms with Gasteiger partial charge in [0.2, 0.25) is 0 Å². The lowest BCUT2D eigenvalue weighted by atomic mass is 10.0. The molecule has 1 N–H and O–H groups in total. The highest BCUT2D eigenvalue weighted by atomic mass is 79.9. The van der Waals surface area contributed by atoms with Crippen LogP contribution in [0, 0.1) is 6.92 Å². The number of pyridine rings is 1. The first-order valence-corrected chi connectivity index (χ1v) is 8.83. The van der Waals surface area contributed by atoms with E-state index >= 15 is 0 Å². The number of hydrogen-bond acceptors (Lipinski definition) is 2. The SMILES string of the molecule is CCCNc1cc(C2CCCC2)nc2c(Br)cc(C)cc12. The minimum absolute atomic E-state index is 0.643. The number of hydrogen-bond donors (Lipinski definition) is 1. The molecule has 2 nitrogen and oxygen atoms in total. The largest absolute Gasteiger partial charge is 0.384 e. The average Bonchev–Trinajstić information content (AvgIpc) is 2.99. The van der Waals surface area contributed by atoms with Crippen LogP contribution in [0.4, 0.5) is 5.69 Å². The van der Waals surface area contributed by atoms with Crippen molar-refractivity contribution in [2.45, 2.75) is 51.9 Å². The fraction of sp³-hybridized carbons (Fsp3) is 0.500. The van der Waals surface area contributed by atoms with E-state index in [0.717, 1.165) is 23.0 Å². The molecule has 3 rings (SSSR count). The van der Waals surface area contributed by atoms with Crippen molar-refractivity contribution in [1.29, 1.82) is 0 Å². The molecule has 0 atom stereocenters. The summed E-state index contributed by atoms with van der Waals surface area (Å²) >= 11 is 3.70. The van der Waals surface area contributed by atoms with Crippen LogP contribution in [-0.4, -0.2) is 11.5 Å². The van der Waals surface area contributed by atoms with Gasteiger partial charge in [-0.1, -0.05) is 19.8 Å². The van der Waals surface area contributed by atoms with Crippen LogP contribution in [0.1, 0.15) is 56.2 Å². The molecule has 1 aromatic heterocycles. The molecular weight excluding hydrogens is 324 g/mol. The predicted molar refractivity (Wildman–Crippen MR) is 94.2 cm³/mol. The van der Waals surface area contributed by atoms with E-state index in [2.05, 4.69) is 53.3 Å². The van der Waals surface area contributed by atoms with Crippen molar-refractivity contribution in [2.75, 3.05) is 11.9 Å². The quantitative estimate of drug-likeness (QED) is 0.758. The van der Waals surface area contributed by atoms with Crippen LogP contribution in [0.5, 0.6) is 0 Å². The fourth-order valence-electron chi connectivity index (χ4n) is 3.28. The van der Waals surface area contributed by atoms with E-state index in [1.165, 1.54) is 48.0 Å². The van der Waals surface area contributed by atoms with Crippen molar-refractivity contribution in [3.63, 3.8) is 0 Å². The molecule has 1 fully saturated rings. The number of rotatable bonds is 4. The number of benzene rings is 1. The Hall–Kier alpha value is -1.09.